The van der Waals surface area contributed by atoms with Crippen LogP contribution in [0, 0.1) is 12.3 Å². The van der Waals surface area contributed by atoms with Gasteiger partial charge in [0, 0.05) is 35.8 Å². The van der Waals surface area contributed by atoms with Crippen molar-refractivity contribution in [3.8, 4) is 5.75 Å². The second kappa shape index (κ2) is 9.75. The van der Waals surface area contributed by atoms with Crippen LogP contribution in [-0.4, -0.2) is 22.5 Å². The molecule has 0 spiro atoms. The molecule has 160 valence electrons. The van der Waals surface area contributed by atoms with E-state index in [9.17, 15) is 13.2 Å². The van der Waals surface area contributed by atoms with E-state index in [0.29, 0.717) is 34.9 Å². The van der Waals surface area contributed by atoms with Gasteiger partial charge in [0.25, 0.3) is 0 Å². The summed E-state index contributed by atoms with van der Waals surface area (Å²) in [6.07, 6.45) is -0.472. The van der Waals surface area contributed by atoms with E-state index >= 15 is 0 Å². The van der Waals surface area contributed by atoms with E-state index in [1.807, 2.05) is 30.3 Å². The fourth-order valence-corrected chi connectivity index (χ4v) is 2.80. The molecular formula is C22H20F3N5O. The number of ether oxygens (including phenoxy) is 1. The van der Waals surface area contributed by atoms with Crippen LogP contribution in [0.3, 0.4) is 0 Å². The van der Waals surface area contributed by atoms with Crippen molar-refractivity contribution in [2.75, 3.05) is 5.32 Å². The molecule has 0 unspecified atom stereocenters. The van der Waals surface area contributed by atoms with Gasteiger partial charge in [0.1, 0.15) is 17.9 Å². The summed E-state index contributed by atoms with van der Waals surface area (Å²) < 4.78 is 40.8. The second-order valence-electron chi connectivity index (χ2n) is 6.50. The molecule has 0 aliphatic heterocycles. The average molecular weight is 427 g/mol. The monoisotopic (exact) mass is 427 g/mol. The number of allylic oxidation sites excluding steroid dienone is 1. The third-order valence-electron chi connectivity index (χ3n) is 4.27. The van der Waals surface area contributed by atoms with Crippen molar-refractivity contribution in [1.82, 2.24) is 15.3 Å². The standard InChI is InChI=1S/C22H20F3N5O/c1-15-20(17(11-26)13-27-12-16-5-3-2-4-6-16)28-14-29-21(15)30-18-7-9-19(10-8-18)31-22(23,24)25/h2-11,13-14,26-27H,12H2,1H3,(H,28,29,30)/b17-13+,26-11?. The first-order chi connectivity index (χ1) is 14.9. The number of aromatic nitrogens is 2. The fraction of sp³-hybridized carbons (Fsp3) is 0.136. The lowest BCUT2D eigenvalue weighted by atomic mass is 10.1. The molecule has 1 heterocycles. The van der Waals surface area contributed by atoms with Crippen LogP contribution < -0.4 is 15.4 Å². The molecule has 0 fully saturated rings. The van der Waals surface area contributed by atoms with Crippen LogP contribution >= 0.6 is 0 Å². The van der Waals surface area contributed by atoms with Gasteiger partial charge in [0.2, 0.25) is 0 Å². The fourth-order valence-electron chi connectivity index (χ4n) is 2.80. The van der Waals surface area contributed by atoms with Crippen molar-refractivity contribution in [3.05, 3.63) is 83.9 Å². The molecule has 0 bridgehead atoms. The number of hydrogen-bond donors (Lipinski definition) is 3. The summed E-state index contributed by atoms with van der Waals surface area (Å²) in [6.45, 7) is 2.40. The lowest BCUT2D eigenvalue weighted by molar-refractivity contribution is -0.274. The molecule has 0 atom stereocenters. The summed E-state index contributed by atoms with van der Waals surface area (Å²) in [7, 11) is 0. The molecule has 2 aromatic carbocycles. The predicted octanol–water partition coefficient (Wildman–Crippen LogP) is 5.21. The molecule has 3 N–H and O–H groups in total. The zero-order valence-electron chi connectivity index (χ0n) is 16.6. The molecule has 0 amide bonds. The Balaban J connectivity index is 1.74. The van der Waals surface area contributed by atoms with Crippen LogP contribution in [0.1, 0.15) is 16.8 Å². The summed E-state index contributed by atoms with van der Waals surface area (Å²) in [5.74, 6) is 0.168. The van der Waals surface area contributed by atoms with Gasteiger partial charge in [0.05, 0.1) is 5.69 Å². The van der Waals surface area contributed by atoms with Gasteiger partial charge in [-0.2, -0.15) is 0 Å². The number of nitrogens with one attached hydrogen (secondary N) is 3. The molecule has 0 radical (unpaired) electrons. The second-order valence-corrected chi connectivity index (χ2v) is 6.50. The van der Waals surface area contributed by atoms with Gasteiger partial charge in [0.15, 0.2) is 0 Å². The Labute approximate surface area is 177 Å². The Bertz CT molecular complexity index is 1050. The van der Waals surface area contributed by atoms with Gasteiger partial charge in [-0.1, -0.05) is 30.3 Å². The first kappa shape index (κ1) is 21.8. The SMILES string of the molecule is Cc1c(Nc2ccc(OC(F)(F)F)cc2)ncnc1/C(C=N)=C/NCc1ccccc1. The molecule has 0 saturated heterocycles. The molecule has 0 aliphatic carbocycles. The average Bonchev–Trinajstić information content (AvgIpc) is 2.74. The van der Waals surface area contributed by atoms with Crippen molar-refractivity contribution < 1.29 is 17.9 Å². The van der Waals surface area contributed by atoms with E-state index in [2.05, 4.69) is 25.3 Å². The minimum atomic E-state index is -4.74. The van der Waals surface area contributed by atoms with Gasteiger partial charge in [-0.3, -0.25) is 0 Å². The van der Waals surface area contributed by atoms with Crippen molar-refractivity contribution in [3.63, 3.8) is 0 Å². The highest BCUT2D eigenvalue weighted by Crippen LogP contribution is 2.27. The van der Waals surface area contributed by atoms with Crippen molar-refractivity contribution in [2.45, 2.75) is 19.8 Å². The molecule has 0 aliphatic rings. The largest absolute Gasteiger partial charge is 0.573 e. The molecule has 31 heavy (non-hydrogen) atoms. The molecule has 9 heteroatoms. The lowest BCUT2D eigenvalue weighted by Crippen LogP contribution is -2.17. The maximum Gasteiger partial charge on any atom is 0.573 e. The van der Waals surface area contributed by atoms with Gasteiger partial charge < -0.3 is 20.8 Å². The summed E-state index contributed by atoms with van der Waals surface area (Å²) in [4.78, 5) is 8.48. The third kappa shape index (κ3) is 6.30. The minimum Gasteiger partial charge on any atom is -0.406 e. The van der Waals surface area contributed by atoms with Crippen LogP contribution in [0.5, 0.6) is 5.75 Å². The summed E-state index contributed by atoms with van der Waals surface area (Å²) in [5.41, 5.74) is 3.44. The van der Waals surface area contributed by atoms with Crippen molar-refractivity contribution >= 4 is 23.3 Å². The number of benzene rings is 2. The highest BCUT2D eigenvalue weighted by molar-refractivity contribution is 6.08. The summed E-state index contributed by atoms with van der Waals surface area (Å²) >= 11 is 0. The lowest BCUT2D eigenvalue weighted by Gasteiger charge is -2.13. The topological polar surface area (TPSA) is 82.9 Å². The minimum absolute atomic E-state index is 0.309. The van der Waals surface area contributed by atoms with E-state index in [4.69, 9.17) is 5.41 Å². The van der Waals surface area contributed by atoms with E-state index in [1.165, 1.54) is 36.8 Å². The van der Waals surface area contributed by atoms with E-state index in [-0.39, 0.29) is 5.75 Å². The number of halogens is 3. The zero-order chi connectivity index (χ0) is 22.3. The van der Waals surface area contributed by atoms with Crippen LogP contribution in [-0.2, 0) is 6.54 Å². The van der Waals surface area contributed by atoms with Gasteiger partial charge in [-0.25, -0.2) is 9.97 Å². The molecule has 1 aromatic heterocycles. The van der Waals surface area contributed by atoms with E-state index in [0.717, 1.165) is 5.56 Å². The number of alkyl halides is 3. The Morgan fingerprint density at radius 3 is 2.42 bits per heavy atom. The highest BCUT2D eigenvalue weighted by atomic mass is 19.4. The van der Waals surface area contributed by atoms with Gasteiger partial charge in [-0.05, 0) is 36.8 Å². The predicted molar refractivity (Wildman–Crippen MR) is 113 cm³/mol. The molecule has 3 aromatic rings. The summed E-state index contributed by atoms with van der Waals surface area (Å²) in [5, 5.41) is 14.0. The smallest absolute Gasteiger partial charge is 0.406 e. The molecule has 6 nitrogen and oxygen atoms in total. The third-order valence-corrected chi connectivity index (χ3v) is 4.27. The normalized spacial score (nSPS) is 11.7. The Kier molecular flexibility index (Phi) is 6.86. The van der Waals surface area contributed by atoms with Crippen LogP contribution in [0.25, 0.3) is 5.57 Å². The first-order valence-corrected chi connectivity index (χ1v) is 9.28. The molecule has 0 saturated carbocycles. The number of rotatable bonds is 8. The van der Waals surface area contributed by atoms with Crippen LogP contribution in [0.15, 0.2) is 67.1 Å². The van der Waals surface area contributed by atoms with Crippen LogP contribution in [0.2, 0.25) is 0 Å². The Morgan fingerprint density at radius 2 is 1.77 bits per heavy atom. The Morgan fingerprint density at radius 1 is 1.06 bits per heavy atom. The highest BCUT2D eigenvalue weighted by Gasteiger charge is 2.30. The number of nitrogens with zero attached hydrogens (tertiary/aromatic N) is 2. The van der Waals surface area contributed by atoms with Gasteiger partial charge >= 0.3 is 6.36 Å². The molecular weight excluding hydrogens is 407 g/mol. The maximum atomic E-state index is 12.3. The van der Waals surface area contributed by atoms with Gasteiger partial charge in [-0.15, -0.1) is 13.2 Å². The first-order valence-electron chi connectivity index (χ1n) is 9.28. The Hall–Kier alpha value is -3.88. The van der Waals surface area contributed by atoms with Crippen LogP contribution in [0.4, 0.5) is 24.7 Å². The number of hydrogen-bond acceptors (Lipinski definition) is 6. The number of anilines is 2. The summed E-state index contributed by atoms with van der Waals surface area (Å²) in [6, 6.07) is 15.2. The molecule has 3 rings (SSSR count). The quantitative estimate of drug-likeness (QED) is 0.430. The van der Waals surface area contributed by atoms with E-state index in [1.54, 1.807) is 13.1 Å². The van der Waals surface area contributed by atoms with Crippen molar-refractivity contribution in [2.24, 2.45) is 0 Å². The zero-order valence-corrected chi connectivity index (χ0v) is 16.6. The van der Waals surface area contributed by atoms with Crippen molar-refractivity contribution in [1.29, 1.82) is 5.41 Å². The van der Waals surface area contributed by atoms with E-state index < -0.39 is 6.36 Å². The maximum absolute atomic E-state index is 12.3.